The van der Waals surface area contributed by atoms with Crippen LogP contribution in [-0.4, -0.2) is 9.13 Å². The lowest BCUT2D eigenvalue weighted by molar-refractivity contribution is -0.384. The minimum Gasteiger partial charge on any atom is -0.258 e. The largest absolute Gasteiger partial charge is 0.417 e. The first-order chi connectivity index (χ1) is 11.2. The van der Waals surface area contributed by atoms with Crippen LogP contribution in [0, 0.1) is 10.1 Å². The quantitative estimate of drug-likeness (QED) is 0.525. The third-order valence-corrected chi connectivity index (χ3v) is 4.43. The van der Waals surface area contributed by atoms with E-state index in [-0.39, 0.29) is 15.5 Å². The zero-order valence-electron chi connectivity index (χ0n) is 12.6. The molecule has 0 fully saturated rings. The highest BCUT2D eigenvalue weighted by Crippen LogP contribution is 2.36. The molecule has 2 rings (SSSR count). The van der Waals surface area contributed by atoms with Gasteiger partial charge in [0.2, 0.25) is 0 Å². The Bertz CT molecular complexity index is 749. The predicted octanol–water partition coefficient (Wildman–Crippen LogP) is 5.46. The molecule has 1 unspecified atom stereocenters. The molecule has 0 aliphatic carbocycles. The molecule has 2 aromatic rings. The number of halogens is 4. The second kappa shape index (κ2) is 8.25. The van der Waals surface area contributed by atoms with E-state index in [2.05, 4.69) is 0 Å². The molecule has 0 aliphatic rings. The number of hydrogen-bond acceptors (Lipinski definition) is 3. The lowest BCUT2D eigenvalue weighted by Gasteiger charge is -2.10. The van der Waals surface area contributed by atoms with E-state index in [1.54, 1.807) is 0 Å². The highest BCUT2D eigenvalue weighted by molar-refractivity contribution is 7.85. The van der Waals surface area contributed by atoms with Crippen molar-refractivity contribution < 1.29 is 22.3 Å². The SMILES string of the molecule is CC.O=[N+]([O-])c1ccc(S(=O)c2ccc(Cl)c(C(F)(F)F)c2)cc1. The van der Waals surface area contributed by atoms with Crippen molar-refractivity contribution in [2.75, 3.05) is 0 Å². The molecule has 0 saturated carbocycles. The molecular formula is C15H13ClF3NO3S. The maximum absolute atomic E-state index is 12.8. The van der Waals surface area contributed by atoms with Gasteiger partial charge in [0, 0.05) is 21.9 Å². The number of nitrogens with zero attached hydrogens (tertiary/aromatic N) is 1. The maximum Gasteiger partial charge on any atom is 0.417 e. The van der Waals surface area contributed by atoms with Crippen molar-refractivity contribution in [3.8, 4) is 0 Å². The fourth-order valence-electron chi connectivity index (χ4n) is 1.66. The van der Waals surface area contributed by atoms with E-state index in [1.807, 2.05) is 13.8 Å². The van der Waals surface area contributed by atoms with Crippen LogP contribution in [0.3, 0.4) is 0 Å². The van der Waals surface area contributed by atoms with Crippen LogP contribution in [0.15, 0.2) is 52.3 Å². The first-order valence-electron chi connectivity index (χ1n) is 6.73. The molecule has 0 amide bonds. The van der Waals surface area contributed by atoms with Crippen molar-refractivity contribution >= 4 is 28.1 Å². The monoisotopic (exact) mass is 379 g/mol. The van der Waals surface area contributed by atoms with E-state index in [4.69, 9.17) is 11.6 Å². The molecule has 4 nitrogen and oxygen atoms in total. The van der Waals surface area contributed by atoms with Crippen molar-refractivity contribution in [1.82, 2.24) is 0 Å². The third kappa shape index (κ3) is 4.78. The van der Waals surface area contributed by atoms with Gasteiger partial charge in [0.1, 0.15) is 0 Å². The van der Waals surface area contributed by atoms with Crippen molar-refractivity contribution in [2.24, 2.45) is 0 Å². The molecule has 1 atom stereocenters. The van der Waals surface area contributed by atoms with Gasteiger partial charge in [0.25, 0.3) is 5.69 Å². The number of hydrogen-bond donors (Lipinski definition) is 0. The molecule has 0 radical (unpaired) electrons. The van der Waals surface area contributed by atoms with Gasteiger partial charge in [-0.25, -0.2) is 4.21 Å². The van der Waals surface area contributed by atoms with E-state index in [0.717, 1.165) is 18.2 Å². The number of non-ortho nitro benzene ring substituents is 1. The summed E-state index contributed by atoms with van der Waals surface area (Å²) in [6.45, 7) is 4.00. The Kier molecular flexibility index (Phi) is 6.92. The molecule has 0 N–H and O–H groups in total. The molecule has 9 heteroatoms. The molecule has 0 saturated heterocycles. The molecule has 0 heterocycles. The smallest absolute Gasteiger partial charge is 0.258 e. The Morgan fingerprint density at radius 2 is 1.54 bits per heavy atom. The summed E-state index contributed by atoms with van der Waals surface area (Å²) < 4.78 is 50.6. The van der Waals surface area contributed by atoms with Gasteiger partial charge in [0.15, 0.2) is 0 Å². The molecule has 2 aromatic carbocycles. The molecule has 0 aliphatic heterocycles. The summed E-state index contributed by atoms with van der Waals surface area (Å²) in [5.74, 6) is 0. The molecule has 0 aromatic heterocycles. The minimum absolute atomic E-state index is 0.0921. The van der Waals surface area contributed by atoms with Crippen molar-refractivity contribution in [1.29, 1.82) is 0 Å². The zero-order valence-corrected chi connectivity index (χ0v) is 14.2. The molecular weight excluding hydrogens is 367 g/mol. The van der Waals surface area contributed by atoms with Crippen molar-refractivity contribution in [3.05, 3.63) is 63.2 Å². The highest BCUT2D eigenvalue weighted by Gasteiger charge is 2.33. The van der Waals surface area contributed by atoms with E-state index < -0.39 is 32.5 Å². The summed E-state index contributed by atoms with van der Waals surface area (Å²) in [6, 6.07) is 7.67. The summed E-state index contributed by atoms with van der Waals surface area (Å²) in [5, 5.41) is 10.0. The number of rotatable bonds is 3. The second-order valence-corrected chi connectivity index (χ2v) is 6.05. The Morgan fingerprint density at radius 3 is 2.00 bits per heavy atom. The van der Waals surface area contributed by atoms with E-state index in [0.29, 0.717) is 6.07 Å². The summed E-state index contributed by atoms with van der Waals surface area (Å²) in [7, 11) is -1.90. The topological polar surface area (TPSA) is 60.2 Å². The van der Waals surface area contributed by atoms with Crippen LogP contribution >= 0.6 is 11.6 Å². The fourth-order valence-corrected chi connectivity index (χ4v) is 2.96. The van der Waals surface area contributed by atoms with Crippen molar-refractivity contribution in [3.63, 3.8) is 0 Å². The number of nitro groups is 1. The van der Waals surface area contributed by atoms with Crippen LogP contribution in [0.5, 0.6) is 0 Å². The Balaban J connectivity index is 0.00000139. The van der Waals surface area contributed by atoms with Gasteiger partial charge in [-0.1, -0.05) is 25.4 Å². The molecule has 130 valence electrons. The maximum atomic E-state index is 12.8. The average Bonchev–Trinajstić information content (AvgIpc) is 2.55. The summed E-state index contributed by atoms with van der Waals surface area (Å²) in [6.07, 6.45) is -4.66. The molecule has 0 spiro atoms. The summed E-state index contributed by atoms with van der Waals surface area (Å²) in [5.41, 5.74) is -1.28. The lowest BCUT2D eigenvalue weighted by atomic mass is 10.2. The molecule has 0 bridgehead atoms. The van der Waals surface area contributed by atoms with Crippen LogP contribution in [0.25, 0.3) is 0 Å². The normalized spacial score (nSPS) is 12.1. The number of benzene rings is 2. The first kappa shape index (κ1) is 20.1. The van der Waals surface area contributed by atoms with Crippen LogP contribution in [0.2, 0.25) is 5.02 Å². The van der Waals surface area contributed by atoms with Gasteiger partial charge in [-0.3, -0.25) is 10.1 Å². The van der Waals surface area contributed by atoms with Gasteiger partial charge in [0.05, 0.1) is 26.3 Å². The Morgan fingerprint density at radius 1 is 1.04 bits per heavy atom. The lowest BCUT2D eigenvalue weighted by Crippen LogP contribution is -2.07. The van der Waals surface area contributed by atoms with Crippen LogP contribution in [0.1, 0.15) is 19.4 Å². The zero-order chi connectivity index (χ0) is 18.5. The van der Waals surface area contributed by atoms with Gasteiger partial charge in [-0.15, -0.1) is 0 Å². The standard InChI is InChI=1S/C13H7ClF3NO3S.C2H6/c14-12-6-5-10(7-11(12)13(15,16)17)22(21)9-3-1-8(2-4-9)18(19)20;1-2/h1-7H;1-2H3. The highest BCUT2D eigenvalue weighted by atomic mass is 35.5. The van der Waals surface area contributed by atoms with Gasteiger partial charge in [-0.2, -0.15) is 13.2 Å². The van der Waals surface area contributed by atoms with Crippen LogP contribution < -0.4 is 0 Å². The Hall–Kier alpha value is -1.93. The van der Waals surface area contributed by atoms with Crippen molar-refractivity contribution in [2.45, 2.75) is 29.8 Å². The number of alkyl halides is 3. The first-order valence-corrected chi connectivity index (χ1v) is 8.26. The molecule has 24 heavy (non-hydrogen) atoms. The van der Waals surface area contributed by atoms with Crippen LogP contribution in [0.4, 0.5) is 18.9 Å². The van der Waals surface area contributed by atoms with Gasteiger partial charge < -0.3 is 0 Å². The van der Waals surface area contributed by atoms with E-state index >= 15 is 0 Å². The second-order valence-electron chi connectivity index (χ2n) is 4.16. The van der Waals surface area contributed by atoms with Gasteiger partial charge in [-0.05, 0) is 30.3 Å². The fraction of sp³-hybridized carbons (Fsp3) is 0.200. The van der Waals surface area contributed by atoms with E-state index in [9.17, 15) is 27.5 Å². The third-order valence-electron chi connectivity index (χ3n) is 2.72. The van der Waals surface area contributed by atoms with Crippen LogP contribution in [-0.2, 0) is 17.0 Å². The summed E-state index contributed by atoms with van der Waals surface area (Å²) >= 11 is 5.49. The minimum atomic E-state index is -4.66. The predicted molar refractivity (Wildman–Crippen MR) is 85.6 cm³/mol. The van der Waals surface area contributed by atoms with E-state index in [1.165, 1.54) is 18.2 Å². The summed E-state index contributed by atoms with van der Waals surface area (Å²) in [4.78, 5) is 9.97. The average molecular weight is 380 g/mol. The number of nitro benzene ring substituents is 1. The van der Waals surface area contributed by atoms with Gasteiger partial charge >= 0.3 is 6.18 Å². The Labute approximate surface area is 143 Å².